The molecule has 0 saturated carbocycles. The van der Waals surface area contributed by atoms with E-state index in [1.807, 2.05) is 32.2 Å². The smallest absolute Gasteiger partial charge is 0.191 e. The van der Waals surface area contributed by atoms with Crippen LogP contribution in [0.5, 0.6) is 0 Å². The van der Waals surface area contributed by atoms with Crippen molar-refractivity contribution in [3.63, 3.8) is 0 Å². The Morgan fingerprint density at radius 3 is 2.50 bits per heavy atom. The molecule has 0 aliphatic rings. The van der Waals surface area contributed by atoms with Crippen molar-refractivity contribution >= 4 is 41.5 Å². The molecule has 1 aromatic heterocycles. The monoisotopic (exact) mass is 519 g/mol. The minimum atomic E-state index is -0.207. The largest absolute Gasteiger partial charge is 0.357 e. The van der Waals surface area contributed by atoms with Crippen molar-refractivity contribution in [2.24, 2.45) is 4.99 Å². The van der Waals surface area contributed by atoms with Crippen LogP contribution >= 0.6 is 35.6 Å². The number of hydrogen-bond acceptors (Lipinski definition) is 3. The molecule has 0 bridgehead atoms. The lowest BCUT2D eigenvalue weighted by Gasteiger charge is -2.16. The van der Waals surface area contributed by atoms with Gasteiger partial charge in [-0.3, -0.25) is 4.99 Å². The normalized spacial score (nSPS) is 11.2. The number of pyridine rings is 1. The van der Waals surface area contributed by atoms with Gasteiger partial charge in [0.25, 0.3) is 0 Å². The van der Waals surface area contributed by atoms with Gasteiger partial charge in [0.1, 0.15) is 11.0 Å². The zero-order valence-corrected chi connectivity index (χ0v) is 19.4. The van der Waals surface area contributed by atoms with E-state index in [0.29, 0.717) is 11.7 Å². The molecular formula is C20H28ClFIN5. The molecule has 0 amide bonds. The van der Waals surface area contributed by atoms with Crippen LogP contribution in [0.1, 0.15) is 18.1 Å². The second-order valence-electron chi connectivity index (χ2n) is 6.29. The first-order chi connectivity index (χ1) is 13.1. The third-order valence-corrected chi connectivity index (χ3v) is 4.18. The number of aromatic nitrogens is 1. The van der Waals surface area contributed by atoms with Crippen LogP contribution in [0.15, 0.2) is 47.6 Å². The summed E-state index contributed by atoms with van der Waals surface area (Å²) in [6.45, 7) is 5.87. The molecular weight excluding hydrogens is 492 g/mol. The summed E-state index contributed by atoms with van der Waals surface area (Å²) in [5, 5.41) is 7.09. The van der Waals surface area contributed by atoms with E-state index in [2.05, 4.69) is 25.5 Å². The highest BCUT2D eigenvalue weighted by Crippen LogP contribution is 2.06. The lowest BCUT2D eigenvalue weighted by Crippen LogP contribution is -2.38. The first-order valence-electron chi connectivity index (χ1n) is 9.12. The molecule has 5 nitrogen and oxygen atoms in total. The fraction of sp³-hybridized carbons (Fsp3) is 0.400. The van der Waals surface area contributed by atoms with Crippen LogP contribution < -0.4 is 10.6 Å². The van der Waals surface area contributed by atoms with Crippen molar-refractivity contribution < 1.29 is 4.39 Å². The van der Waals surface area contributed by atoms with Gasteiger partial charge in [-0.05, 0) is 49.7 Å². The highest BCUT2D eigenvalue weighted by molar-refractivity contribution is 14.0. The summed E-state index contributed by atoms with van der Waals surface area (Å²) in [5.74, 6) is 0.594. The van der Waals surface area contributed by atoms with Gasteiger partial charge in [-0.15, -0.1) is 24.0 Å². The van der Waals surface area contributed by atoms with Crippen molar-refractivity contribution in [2.45, 2.75) is 19.9 Å². The number of hydrogen-bond donors (Lipinski definition) is 2. The molecule has 0 saturated heterocycles. The molecule has 8 heteroatoms. The van der Waals surface area contributed by atoms with Gasteiger partial charge in [-0.1, -0.05) is 29.8 Å². The second-order valence-corrected chi connectivity index (χ2v) is 6.68. The minimum absolute atomic E-state index is 0. The number of guanidine groups is 1. The number of nitrogens with zero attached hydrogens (tertiary/aromatic N) is 3. The summed E-state index contributed by atoms with van der Waals surface area (Å²) in [5.41, 5.74) is 2.21. The summed E-state index contributed by atoms with van der Waals surface area (Å²) in [6.07, 6.45) is 2.64. The standard InChI is InChI=1S/C20H27ClFN5.HI/c1-3-23-20(24-11-10-16-6-9-19(21)26-14-16)25-12-13-27(2)15-17-4-7-18(22)8-5-17;/h4-9,14H,3,10-13,15H2,1-2H3,(H2,23,24,25);1H. The maximum absolute atomic E-state index is 13.0. The molecule has 0 aliphatic heterocycles. The van der Waals surface area contributed by atoms with Crippen LogP contribution in [0.4, 0.5) is 4.39 Å². The van der Waals surface area contributed by atoms with Gasteiger partial charge in [0.05, 0.1) is 6.54 Å². The molecule has 1 aromatic carbocycles. The van der Waals surface area contributed by atoms with Crippen LogP contribution in [0.25, 0.3) is 0 Å². The van der Waals surface area contributed by atoms with E-state index in [0.717, 1.165) is 49.7 Å². The van der Waals surface area contributed by atoms with Gasteiger partial charge in [-0.25, -0.2) is 9.37 Å². The Bertz CT molecular complexity index is 710. The van der Waals surface area contributed by atoms with E-state index in [1.54, 1.807) is 12.3 Å². The zero-order valence-electron chi connectivity index (χ0n) is 16.3. The Morgan fingerprint density at radius 1 is 1.14 bits per heavy atom. The quantitative estimate of drug-likeness (QED) is 0.230. The molecule has 0 unspecified atom stereocenters. The Kier molecular flexibility index (Phi) is 12.0. The first kappa shape index (κ1) is 24.6. The van der Waals surface area contributed by atoms with Gasteiger partial charge in [-0.2, -0.15) is 0 Å². The summed E-state index contributed by atoms with van der Waals surface area (Å²) in [6, 6.07) is 10.4. The van der Waals surface area contributed by atoms with E-state index in [-0.39, 0.29) is 29.8 Å². The van der Waals surface area contributed by atoms with Gasteiger partial charge >= 0.3 is 0 Å². The maximum Gasteiger partial charge on any atom is 0.191 e. The number of benzene rings is 1. The number of aliphatic imine (C=N–C) groups is 1. The fourth-order valence-corrected chi connectivity index (χ4v) is 2.65. The predicted octanol–water partition coefficient (Wildman–Crippen LogP) is 3.72. The molecule has 0 radical (unpaired) electrons. The number of likely N-dealkylation sites (N-methyl/N-ethyl adjacent to an activating group) is 1. The highest BCUT2D eigenvalue weighted by Gasteiger charge is 2.02. The third-order valence-electron chi connectivity index (χ3n) is 3.96. The van der Waals surface area contributed by atoms with E-state index < -0.39 is 0 Å². The van der Waals surface area contributed by atoms with Crippen LogP contribution in [0, 0.1) is 5.82 Å². The first-order valence-corrected chi connectivity index (χ1v) is 9.50. The van der Waals surface area contributed by atoms with Crippen LogP contribution in [0.3, 0.4) is 0 Å². The molecule has 154 valence electrons. The Morgan fingerprint density at radius 2 is 1.86 bits per heavy atom. The average molecular weight is 520 g/mol. The minimum Gasteiger partial charge on any atom is -0.357 e. The predicted molar refractivity (Wildman–Crippen MR) is 125 cm³/mol. The van der Waals surface area contributed by atoms with Gasteiger partial charge < -0.3 is 15.5 Å². The SMILES string of the molecule is CCNC(=NCCN(C)Cc1ccc(F)cc1)NCCc1ccc(Cl)nc1.I. The van der Waals surface area contributed by atoms with E-state index in [1.165, 1.54) is 12.1 Å². The van der Waals surface area contributed by atoms with Crippen molar-refractivity contribution in [1.82, 2.24) is 20.5 Å². The number of rotatable bonds is 9. The Labute approximate surface area is 188 Å². The van der Waals surface area contributed by atoms with Crippen LogP contribution in [-0.4, -0.2) is 49.1 Å². The van der Waals surface area contributed by atoms with Crippen molar-refractivity contribution in [3.05, 3.63) is 64.7 Å². The van der Waals surface area contributed by atoms with Gasteiger partial charge in [0, 0.05) is 32.4 Å². The van der Waals surface area contributed by atoms with E-state index in [9.17, 15) is 4.39 Å². The molecule has 0 spiro atoms. The lowest BCUT2D eigenvalue weighted by molar-refractivity contribution is 0.336. The van der Waals surface area contributed by atoms with Crippen LogP contribution in [0.2, 0.25) is 5.15 Å². The fourth-order valence-electron chi connectivity index (χ4n) is 2.53. The number of halogens is 3. The second kappa shape index (κ2) is 13.7. The molecule has 0 aliphatic carbocycles. The highest BCUT2D eigenvalue weighted by atomic mass is 127. The van der Waals surface area contributed by atoms with Crippen LogP contribution in [-0.2, 0) is 13.0 Å². The Hall–Kier alpha value is -1.45. The molecule has 0 atom stereocenters. The summed E-state index contributed by atoms with van der Waals surface area (Å²) in [7, 11) is 2.03. The molecule has 1 heterocycles. The molecule has 2 rings (SSSR count). The lowest BCUT2D eigenvalue weighted by atomic mass is 10.2. The molecule has 0 fully saturated rings. The number of nitrogens with one attached hydrogen (secondary N) is 2. The maximum atomic E-state index is 13.0. The summed E-state index contributed by atoms with van der Waals surface area (Å²) < 4.78 is 13.0. The molecule has 28 heavy (non-hydrogen) atoms. The van der Waals surface area contributed by atoms with Gasteiger partial charge in [0.15, 0.2) is 5.96 Å². The average Bonchev–Trinajstić information content (AvgIpc) is 2.65. The van der Waals surface area contributed by atoms with Crippen molar-refractivity contribution in [3.8, 4) is 0 Å². The zero-order chi connectivity index (χ0) is 19.5. The van der Waals surface area contributed by atoms with E-state index >= 15 is 0 Å². The van der Waals surface area contributed by atoms with E-state index in [4.69, 9.17) is 11.6 Å². The van der Waals surface area contributed by atoms with Gasteiger partial charge in [0.2, 0.25) is 0 Å². The van der Waals surface area contributed by atoms with Crippen molar-refractivity contribution in [1.29, 1.82) is 0 Å². The Balaban J connectivity index is 0.00000392. The molecule has 2 N–H and O–H groups in total. The van der Waals surface area contributed by atoms with Crippen molar-refractivity contribution in [2.75, 3.05) is 33.2 Å². The third kappa shape index (κ3) is 9.66. The topological polar surface area (TPSA) is 52.6 Å². The summed E-state index contributed by atoms with van der Waals surface area (Å²) >= 11 is 5.80. The molecule has 2 aromatic rings. The summed E-state index contributed by atoms with van der Waals surface area (Å²) in [4.78, 5) is 10.9.